The molecule has 2 heteroatoms. The fourth-order valence-corrected chi connectivity index (χ4v) is 1.64. The van der Waals surface area contributed by atoms with E-state index in [0.29, 0.717) is 0 Å². The van der Waals surface area contributed by atoms with Gasteiger partial charge in [0.15, 0.2) is 0 Å². The van der Waals surface area contributed by atoms with Crippen molar-refractivity contribution in [2.75, 3.05) is 6.54 Å². The van der Waals surface area contributed by atoms with Crippen LogP contribution in [0.1, 0.15) is 32.6 Å². The molecule has 10 heavy (non-hydrogen) atoms. The van der Waals surface area contributed by atoms with Crippen molar-refractivity contribution in [1.82, 2.24) is 5.32 Å². The first kappa shape index (κ1) is 8.02. The monoisotopic (exact) mass is 143 g/mol. The number of rotatable bonds is 2. The van der Waals surface area contributed by atoms with E-state index in [1.807, 2.05) is 0 Å². The minimum atomic E-state index is -0.231. The Morgan fingerprint density at radius 2 is 2.40 bits per heavy atom. The van der Waals surface area contributed by atoms with E-state index in [4.69, 9.17) is 0 Å². The first-order valence-corrected chi connectivity index (χ1v) is 4.24. The van der Waals surface area contributed by atoms with Crippen LogP contribution in [0.15, 0.2) is 0 Å². The highest BCUT2D eigenvalue weighted by Gasteiger charge is 2.17. The number of aliphatic hydroxyl groups excluding tert-OH is 1. The molecule has 0 amide bonds. The van der Waals surface area contributed by atoms with Gasteiger partial charge in [-0.1, -0.05) is 19.8 Å². The summed E-state index contributed by atoms with van der Waals surface area (Å²) in [6.45, 7) is 3.19. The molecule has 0 saturated carbocycles. The number of nitrogens with one attached hydrogen (secondary N) is 1. The summed E-state index contributed by atoms with van der Waals surface area (Å²) in [6.07, 6.45) is 4.49. The Morgan fingerprint density at radius 3 is 3.00 bits per heavy atom. The van der Waals surface area contributed by atoms with Crippen molar-refractivity contribution in [2.24, 2.45) is 5.92 Å². The molecular formula is C8H17NO. The summed E-state index contributed by atoms with van der Waals surface area (Å²) in [5.41, 5.74) is 0. The quantitative estimate of drug-likeness (QED) is 0.607. The smallest absolute Gasteiger partial charge is 0.105 e. The van der Waals surface area contributed by atoms with Crippen LogP contribution in [0.3, 0.4) is 0 Å². The van der Waals surface area contributed by atoms with Crippen LogP contribution in [0.5, 0.6) is 0 Å². The fraction of sp³-hybridized carbons (Fsp3) is 1.00. The zero-order valence-electron chi connectivity index (χ0n) is 6.64. The molecular weight excluding hydrogens is 126 g/mol. The third-order valence-corrected chi connectivity index (χ3v) is 2.19. The maximum Gasteiger partial charge on any atom is 0.105 e. The summed E-state index contributed by atoms with van der Waals surface area (Å²) in [5, 5.41) is 12.2. The molecule has 2 unspecified atom stereocenters. The van der Waals surface area contributed by atoms with Gasteiger partial charge in [-0.3, -0.25) is 5.32 Å². The molecule has 2 atom stereocenters. The summed E-state index contributed by atoms with van der Waals surface area (Å²) < 4.78 is 0. The summed E-state index contributed by atoms with van der Waals surface area (Å²) in [7, 11) is 0. The van der Waals surface area contributed by atoms with Crippen molar-refractivity contribution in [3.63, 3.8) is 0 Å². The molecule has 1 aliphatic rings. The van der Waals surface area contributed by atoms with E-state index in [9.17, 15) is 5.11 Å². The van der Waals surface area contributed by atoms with E-state index >= 15 is 0 Å². The molecule has 1 fully saturated rings. The van der Waals surface area contributed by atoms with Gasteiger partial charge in [0.05, 0.1) is 0 Å². The van der Waals surface area contributed by atoms with Crippen LogP contribution in [0.25, 0.3) is 0 Å². The highest BCUT2D eigenvalue weighted by Crippen LogP contribution is 2.19. The average molecular weight is 143 g/mol. The standard InChI is InChI=1S/C8H17NO/c1-2-3-7-4-5-9-8(10)6-7/h7-10H,2-6H2,1H3. The summed E-state index contributed by atoms with van der Waals surface area (Å²) >= 11 is 0. The van der Waals surface area contributed by atoms with Gasteiger partial charge in [0.2, 0.25) is 0 Å². The second-order valence-electron chi connectivity index (χ2n) is 3.15. The lowest BCUT2D eigenvalue weighted by Crippen LogP contribution is -2.37. The Morgan fingerprint density at radius 1 is 1.60 bits per heavy atom. The topological polar surface area (TPSA) is 32.3 Å². The zero-order chi connectivity index (χ0) is 7.40. The SMILES string of the molecule is CCCC1CCNC(O)C1. The first-order valence-electron chi connectivity index (χ1n) is 4.24. The highest BCUT2D eigenvalue weighted by molar-refractivity contribution is 4.70. The predicted molar refractivity (Wildman–Crippen MR) is 41.6 cm³/mol. The van der Waals surface area contributed by atoms with Crippen molar-refractivity contribution < 1.29 is 5.11 Å². The van der Waals surface area contributed by atoms with Crippen LogP contribution in [0.2, 0.25) is 0 Å². The van der Waals surface area contributed by atoms with Gasteiger partial charge < -0.3 is 5.11 Å². The van der Waals surface area contributed by atoms with Crippen LogP contribution >= 0.6 is 0 Å². The number of aliphatic hydroxyl groups is 1. The van der Waals surface area contributed by atoms with Crippen LogP contribution < -0.4 is 5.32 Å². The molecule has 1 saturated heterocycles. The summed E-state index contributed by atoms with van der Waals surface area (Å²) in [5.74, 6) is 0.765. The van der Waals surface area contributed by atoms with E-state index < -0.39 is 0 Å². The Kier molecular flexibility index (Phi) is 3.16. The Labute approximate surface area is 62.6 Å². The van der Waals surface area contributed by atoms with E-state index in [-0.39, 0.29) is 6.23 Å². The Hall–Kier alpha value is -0.0800. The number of piperidine rings is 1. The Balaban J connectivity index is 2.18. The lowest BCUT2D eigenvalue weighted by Gasteiger charge is -2.26. The summed E-state index contributed by atoms with van der Waals surface area (Å²) in [6, 6.07) is 0. The van der Waals surface area contributed by atoms with E-state index in [1.165, 1.54) is 19.3 Å². The van der Waals surface area contributed by atoms with Gasteiger partial charge >= 0.3 is 0 Å². The van der Waals surface area contributed by atoms with Gasteiger partial charge in [0.1, 0.15) is 6.23 Å². The van der Waals surface area contributed by atoms with Crippen LogP contribution in [0.4, 0.5) is 0 Å². The molecule has 1 heterocycles. The molecule has 0 aromatic heterocycles. The molecule has 0 radical (unpaired) electrons. The lowest BCUT2D eigenvalue weighted by molar-refractivity contribution is 0.0784. The van der Waals surface area contributed by atoms with Crippen molar-refractivity contribution in [2.45, 2.75) is 38.8 Å². The summed E-state index contributed by atoms with van der Waals surface area (Å²) in [4.78, 5) is 0. The van der Waals surface area contributed by atoms with Gasteiger partial charge in [-0.2, -0.15) is 0 Å². The molecule has 2 N–H and O–H groups in total. The van der Waals surface area contributed by atoms with E-state index in [2.05, 4.69) is 12.2 Å². The van der Waals surface area contributed by atoms with Crippen LogP contribution in [-0.2, 0) is 0 Å². The molecule has 2 nitrogen and oxygen atoms in total. The number of hydrogen-bond donors (Lipinski definition) is 2. The third-order valence-electron chi connectivity index (χ3n) is 2.19. The van der Waals surface area contributed by atoms with Crippen molar-refractivity contribution in [3.8, 4) is 0 Å². The third kappa shape index (κ3) is 2.27. The fourth-order valence-electron chi connectivity index (χ4n) is 1.64. The second kappa shape index (κ2) is 3.94. The lowest BCUT2D eigenvalue weighted by atomic mass is 9.93. The van der Waals surface area contributed by atoms with Gasteiger partial charge in [-0.05, 0) is 25.3 Å². The molecule has 0 spiro atoms. The van der Waals surface area contributed by atoms with Crippen LogP contribution in [-0.4, -0.2) is 17.9 Å². The molecule has 0 aromatic carbocycles. The maximum absolute atomic E-state index is 9.20. The molecule has 60 valence electrons. The van der Waals surface area contributed by atoms with Gasteiger partial charge in [0.25, 0.3) is 0 Å². The normalized spacial score (nSPS) is 34.2. The average Bonchev–Trinajstić information content (AvgIpc) is 1.88. The van der Waals surface area contributed by atoms with Gasteiger partial charge in [0, 0.05) is 0 Å². The van der Waals surface area contributed by atoms with Crippen molar-refractivity contribution >= 4 is 0 Å². The molecule has 0 aliphatic carbocycles. The first-order chi connectivity index (χ1) is 4.83. The van der Waals surface area contributed by atoms with E-state index in [1.54, 1.807) is 0 Å². The molecule has 1 aliphatic heterocycles. The van der Waals surface area contributed by atoms with Gasteiger partial charge in [-0.15, -0.1) is 0 Å². The minimum absolute atomic E-state index is 0.231. The maximum atomic E-state index is 9.20. The molecule has 0 bridgehead atoms. The molecule has 1 rings (SSSR count). The predicted octanol–water partition coefficient (Wildman–Crippen LogP) is 1.10. The van der Waals surface area contributed by atoms with Gasteiger partial charge in [-0.25, -0.2) is 0 Å². The second-order valence-corrected chi connectivity index (χ2v) is 3.15. The minimum Gasteiger partial charge on any atom is -0.379 e. The highest BCUT2D eigenvalue weighted by atomic mass is 16.3. The largest absolute Gasteiger partial charge is 0.379 e. The number of hydrogen-bond acceptors (Lipinski definition) is 2. The van der Waals surface area contributed by atoms with Crippen molar-refractivity contribution in [1.29, 1.82) is 0 Å². The Bertz CT molecular complexity index is 93.3. The van der Waals surface area contributed by atoms with E-state index in [0.717, 1.165) is 18.9 Å². The molecule has 0 aromatic rings. The zero-order valence-corrected chi connectivity index (χ0v) is 6.64. The van der Waals surface area contributed by atoms with Crippen molar-refractivity contribution in [3.05, 3.63) is 0 Å². The van der Waals surface area contributed by atoms with Crippen LogP contribution in [0, 0.1) is 5.92 Å².